The van der Waals surface area contributed by atoms with E-state index < -0.39 is 26.5 Å². The molecule has 0 bridgehead atoms. The van der Waals surface area contributed by atoms with Gasteiger partial charge < -0.3 is 5.11 Å². The average Bonchev–Trinajstić information content (AvgIpc) is 3.06. The summed E-state index contributed by atoms with van der Waals surface area (Å²) in [4.78, 5) is 11.0. The van der Waals surface area contributed by atoms with Gasteiger partial charge in [-0.25, -0.2) is 8.42 Å². The van der Waals surface area contributed by atoms with E-state index in [1.807, 2.05) is 6.92 Å². The first-order chi connectivity index (χ1) is 8.34. The Labute approximate surface area is 105 Å². The van der Waals surface area contributed by atoms with E-state index in [1.165, 1.54) is 12.1 Å². The lowest BCUT2D eigenvalue weighted by atomic mass is 10.1. The van der Waals surface area contributed by atoms with E-state index in [4.69, 9.17) is 10.4 Å². The molecule has 0 aromatic heterocycles. The van der Waals surface area contributed by atoms with Gasteiger partial charge in [-0.1, -0.05) is 17.7 Å². The standard InChI is InChI=1S/C12H11NO4S/c1-8-2-4-9(5-3-8)18(16,17)10-6-12(10,7-13)11(14)15/h2-5,10H,6H2,1H3,(H,14,15)/t10-,12+/m1/s1. The molecule has 1 aromatic rings. The van der Waals surface area contributed by atoms with Crippen LogP contribution in [0.4, 0.5) is 0 Å². The summed E-state index contributed by atoms with van der Waals surface area (Å²) in [6.07, 6.45) is -0.144. The van der Waals surface area contributed by atoms with Crippen molar-refractivity contribution in [2.24, 2.45) is 5.41 Å². The highest BCUT2D eigenvalue weighted by Gasteiger charge is 2.68. The van der Waals surface area contributed by atoms with E-state index in [9.17, 15) is 13.2 Å². The van der Waals surface area contributed by atoms with Crippen molar-refractivity contribution < 1.29 is 18.3 Å². The summed E-state index contributed by atoms with van der Waals surface area (Å²) in [5.41, 5.74) is -0.862. The largest absolute Gasteiger partial charge is 0.480 e. The monoisotopic (exact) mass is 265 g/mol. The second kappa shape index (κ2) is 3.82. The van der Waals surface area contributed by atoms with Crippen molar-refractivity contribution in [3.05, 3.63) is 29.8 Å². The second-order valence-electron chi connectivity index (χ2n) is 4.44. The Kier molecular flexibility index (Phi) is 2.67. The molecule has 1 aromatic carbocycles. The van der Waals surface area contributed by atoms with E-state index in [-0.39, 0.29) is 11.3 Å². The molecule has 0 aliphatic heterocycles. The van der Waals surface area contributed by atoms with Crippen LogP contribution < -0.4 is 0 Å². The van der Waals surface area contributed by atoms with E-state index in [0.717, 1.165) is 5.56 Å². The van der Waals surface area contributed by atoms with Crippen molar-refractivity contribution in [2.45, 2.75) is 23.5 Å². The van der Waals surface area contributed by atoms with Crippen LogP contribution in [0.25, 0.3) is 0 Å². The Balaban J connectivity index is 2.39. The molecule has 0 amide bonds. The van der Waals surface area contributed by atoms with E-state index in [2.05, 4.69) is 0 Å². The Bertz CT molecular complexity index is 642. The number of benzene rings is 1. The fourth-order valence-electron chi connectivity index (χ4n) is 1.89. The zero-order valence-corrected chi connectivity index (χ0v) is 10.4. The third-order valence-electron chi connectivity index (χ3n) is 3.20. The molecule has 18 heavy (non-hydrogen) atoms. The zero-order chi connectivity index (χ0) is 13.6. The number of aliphatic carboxylic acids is 1. The Morgan fingerprint density at radius 2 is 2.00 bits per heavy atom. The van der Waals surface area contributed by atoms with Crippen molar-refractivity contribution in [1.82, 2.24) is 0 Å². The predicted molar refractivity (Wildman–Crippen MR) is 62.5 cm³/mol. The molecule has 0 spiro atoms. The fraction of sp³-hybridized carbons (Fsp3) is 0.333. The number of carboxylic acids is 1. The minimum Gasteiger partial charge on any atom is -0.480 e. The van der Waals surface area contributed by atoms with E-state index in [0.29, 0.717) is 0 Å². The van der Waals surface area contributed by atoms with Crippen LogP contribution in [0.15, 0.2) is 29.2 Å². The van der Waals surface area contributed by atoms with Crippen LogP contribution in [0.3, 0.4) is 0 Å². The molecule has 6 heteroatoms. The minimum absolute atomic E-state index is 0.0662. The lowest BCUT2D eigenvalue weighted by Crippen LogP contribution is -2.22. The van der Waals surface area contributed by atoms with Crippen molar-refractivity contribution in [1.29, 1.82) is 5.26 Å². The van der Waals surface area contributed by atoms with Gasteiger partial charge in [-0.05, 0) is 25.5 Å². The second-order valence-corrected chi connectivity index (χ2v) is 6.57. The predicted octanol–water partition coefficient (Wildman–Crippen LogP) is 1.14. The first kappa shape index (κ1) is 12.6. The quantitative estimate of drug-likeness (QED) is 0.884. The number of nitrogens with zero attached hydrogens (tertiary/aromatic N) is 1. The van der Waals surface area contributed by atoms with Crippen LogP contribution in [-0.2, 0) is 14.6 Å². The molecule has 0 saturated heterocycles. The third-order valence-corrected chi connectivity index (χ3v) is 5.45. The van der Waals surface area contributed by atoms with Gasteiger partial charge in [0.15, 0.2) is 15.3 Å². The molecule has 1 saturated carbocycles. The number of carboxylic acid groups (broad SMARTS) is 1. The first-order valence-corrected chi connectivity index (χ1v) is 6.84. The number of hydrogen-bond acceptors (Lipinski definition) is 4. The third kappa shape index (κ3) is 1.68. The zero-order valence-electron chi connectivity index (χ0n) is 9.62. The van der Waals surface area contributed by atoms with Crippen molar-refractivity contribution in [3.8, 4) is 6.07 Å². The van der Waals surface area contributed by atoms with Gasteiger partial charge >= 0.3 is 5.97 Å². The summed E-state index contributed by atoms with van der Waals surface area (Å²) in [5, 5.41) is 16.7. The SMILES string of the molecule is Cc1ccc(S(=O)(=O)[C@@H]2C[C@@]2(C#N)C(=O)O)cc1. The van der Waals surface area contributed by atoms with Crippen molar-refractivity contribution >= 4 is 15.8 Å². The highest BCUT2D eigenvalue weighted by atomic mass is 32.2. The van der Waals surface area contributed by atoms with Crippen LogP contribution in [0, 0.1) is 23.7 Å². The normalized spacial score (nSPS) is 26.3. The lowest BCUT2D eigenvalue weighted by molar-refractivity contribution is -0.141. The fourth-order valence-corrected chi connectivity index (χ4v) is 3.90. The molecule has 1 aliphatic carbocycles. The summed E-state index contributed by atoms with van der Waals surface area (Å²) in [5.74, 6) is -1.37. The van der Waals surface area contributed by atoms with Crippen LogP contribution in [0.2, 0.25) is 0 Å². The molecular weight excluding hydrogens is 254 g/mol. The van der Waals surface area contributed by atoms with Crippen molar-refractivity contribution in [2.75, 3.05) is 0 Å². The Morgan fingerprint density at radius 1 is 1.44 bits per heavy atom. The Hall–Kier alpha value is -1.87. The van der Waals surface area contributed by atoms with Crippen LogP contribution in [-0.4, -0.2) is 24.7 Å². The van der Waals surface area contributed by atoms with Gasteiger partial charge in [-0.2, -0.15) is 5.26 Å². The van der Waals surface area contributed by atoms with Crippen LogP contribution in [0.1, 0.15) is 12.0 Å². The first-order valence-electron chi connectivity index (χ1n) is 5.30. The van der Waals surface area contributed by atoms with Gasteiger partial charge in [0.05, 0.1) is 16.2 Å². The number of sulfone groups is 1. The maximum absolute atomic E-state index is 12.2. The lowest BCUT2D eigenvalue weighted by Gasteiger charge is -2.05. The number of carbonyl (C=O) groups is 1. The van der Waals surface area contributed by atoms with Gasteiger partial charge in [0.1, 0.15) is 0 Å². The maximum Gasteiger partial charge on any atom is 0.325 e. The molecule has 2 rings (SSSR count). The van der Waals surface area contributed by atoms with Crippen molar-refractivity contribution in [3.63, 3.8) is 0 Å². The number of aryl methyl sites for hydroxylation is 1. The number of nitriles is 1. The summed E-state index contributed by atoms with van der Waals surface area (Å²) < 4.78 is 24.3. The van der Waals surface area contributed by atoms with Gasteiger partial charge in [-0.3, -0.25) is 4.79 Å². The molecule has 1 fully saturated rings. The molecule has 94 valence electrons. The Morgan fingerprint density at radius 3 is 2.39 bits per heavy atom. The van der Waals surface area contributed by atoms with Gasteiger partial charge in [0.2, 0.25) is 0 Å². The molecule has 5 nitrogen and oxygen atoms in total. The summed E-state index contributed by atoms with van der Waals surface area (Å²) >= 11 is 0. The summed E-state index contributed by atoms with van der Waals surface area (Å²) in [6.45, 7) is 1.82. The smallest absolute Gasteiger partial charge is 0.325 e. The summed E-state index contributed by atoms with van der Waals surface area (Å²) in [7, 11) is -3.75. The minimum atomic E-state index is -3.75. The summed E-state index contributed by atoms with van der Waals surface area (Å²) in [6, 6.07) is 7.77. The van der Waals surface area contributed by atoms with E-state index >= 15 is 0 Å². The number of hydrogen-bond donors (Lipinski definition) is 1. The number of rotatable bonds is 3. The molecule has 0 unspecified atom stereocenters. The highest BCUT2D eigenvalue weighted by molar-refractivity contribution is 7.92. The maximum atomic E-state index is 12.2. The van der Waals surface area contributed by atoms with E-state index in [1.54, 1.807) is 18.2 Å². The highest BCUT2D eigenvalue weighted by Crippen LogP contribution is 2.52. The van der Waals surface area contributed by atoms with Gasteiger partial charge in [0, 0.05) is 0 Å². The van der Waals surface area contributed by atoms with Gasteiger partial charge in [-0.15, -0.1) is 0 Å². The van der Waals surface area contributed by atoms with Crippen LogP contribution in [0.5, 0.6) is 0 Å². The molecule has 0 heterocycles. The van der Waals surface area contributed by atoms with Crippen LogP contribution >= 0.6 is 0 Å². The molecule has 1 aliphatic rings. The molecule has 1 N–H and O–H groups in total. The topological polar surface area (TPSA) is 95.2 Å². The molecule has 2 atom stereocenters. The molecular formula is C12H11NO4S. The average molecular weight is 265 g/mol. The molecule has 0 radical (unpaired) electrons. The van der Waals surface area contributed by atoms with Gasteiger partial charge in [0.25, 0.3) is 0 Å².